The summed E-state index contributed by atoms with van der Waals surface area (Å²) in [6.07, 6.45) is 3.23. The van der Waals surface area contributed by atoms with Crippen molar-refractivity contribution >= 4 is 44.6 Å². The summed E-state index contributed by atoms with van der Waals surface area (Å²) in [6.45, 7) is 0. The normalized spacial score (nSPS) is 11.3. The maximum Gasteiger partial charge on any atom is 0.328 e. The van der Waals surface area contributed by atoms with Crippen LogP contribution in [0.2, 0.25) is 0 Å². The summed E-state index contributed by atoms with van der Waals surface area (Å²) in [6, 6.07) is 13.1. The van der Waals surface area contributed by atoms with E-state index in [1.807, 2.05) is 30.3 Å². The number of benzene rings is 2. The van der Waals surface area contributed by atoms with Crippen LogP contribution in [0, 0.1) is 0 Å². The van der Waals surface area contributed by atoms with Crippen molar-refractivity contribution < 1.29 is 4.79 Å². The van der Waals surface area contributed by atoms with E-state index in [0.717, 1.165) is 21.1 Å². The van der Waals surface area contributed by atoms with Crippen LogP contribution < -0.4 is 11.0 Å². The Morgan fingerprint density at radius 1 is 1.08 bits per heavy atom. The number of halogens is 1. The molecule has 1 aromatic heterocycles. The van der Waals surface area contributed by atoms with Crippen molar-refractivity contribution in [3.63, 3.8) is 0 Å². The van der Waals surface area contributed by atoms with Crippen LogP contribution in [0.3, 0.4) is 0 Å². The van der Waals surface area contributed by atoms with Crippen LogP contribution in [0.5, 0.6) is 0 Å². The highest BCUT2D eigenvalue weighted by Gasteiger charge is 2.08. The number of fused-ring (bicyclic) bond motifs is 1. The molecular weight excluding hydrogens is 370 g/mol. The van der Waals surface area contributed by atoms with Gasteiger partial charge in [0.1, 0.15) is 0 Å². The van der Waals surface area contributed by atoms with E-state index in [9.17, 15) is 9.59 Å². The molecule has 0 spiro atoms. The summed E-state index contributed by atoms with van der Waals surface area (Å²) >= 11 is 3.44. The monoisotopic (exact) mass is 385 g/mol. The van der Waals surface area contributed by atoms with Crippen LogP contribution in [-0.4, -0.2) is 15.0 Å². The molecule has 0 bridgehead atoms. The molecule has 1 N–H and O–H groups in total. The maximum atomic E-state index is 12.1. The van der Waals surface area contributed by atoms with E-state index >= 15 is 0 Å². The molecule has 0 fully saturated rings. The zero-order valence-corrected chi connectivity index (χ0v) is 14.9. The molecular formula is C18H16BrN3O2. The molecule has 1 amide bonds. The number of amides is 1. The lowest BCUT2D eigenvalue weighted by atomic mass is 10.2. The van der Waals surface area contributed by atoms with E-state index in [0.29, 0.717) is 5.69 Å². The van der Waals surface area contributed by atoms with Crippen LogP contribution in [0.1, 0.15) is 5.56 Å². The summed E-state index contributed by atoms with van der Waals surface area (Å²) < 4.78 is 4.06. The van der Waals surface area contributed by atoms with Gasteiger partial charge in [0.25, 0.3) is 0 Å². The first-order chi connectivity index (χ1) is 11.5. The van der Waals surface area contributed by atoms with Crippen molar-refractivity contribution in [2.75, 3.05) is 5.32 Å². The van der Waals surface area contributed by atoms with Crippen molar-refractivity contribution in [3.8, 4) is 0 Å². The number of aryl methyl sites for hydroxylation is 2. The highest BCUT2D eigenvalue weighted by Crippen LogP contribution is 2.19. The van der Waals surface area contributed by atoms with Gasteiger partial charge in [-0.1, -0.05) is 34.1 Å². The van der Waals surface area contributed by atoms with Crippen molar-refractivity contribution in [2.45, 2.75) is 0 Å². The van der Waals surface area contributed by atoms with Gasteiger partial charge >= 0.3 is 5.69 Å². The smallest absolute Gasteiger partial charge is 0.322 e. The average Bonchev–Trinajstić information content (AvgIpc) is 2.78. The van der Waals surface area contributed by atoms with Gasteiger partial charge in [0, 0.05) is 30.3 Å². The third-order valence-corrected chi connectivity index (χ3v) is 4.58. The molecule has 0 saturated heterocycles. The average molecular weight is 386 g/mol. The lowest BCUT2D eigenvalue weighted by Crippen LogP contribution is -2.19. The van der Waals surface area contributed by atoms with Gasteiger partial charge in [0.05, 0.1) is 11.0 Å². The van der Waals surface area contributed by atoms with Crippen LogP contribution in [0.4, 0.5) is 5.69 Å². The summed E-state index contributed by atoms with van der Waals surface area (Å²) in [4.78, 5) is 24.0. The van der Waals surface area contributed by atoms with Gasteiger partial charge < -0.3 is 5.32 Å². The second kappa shape index (κ2) is 6.49. The van der Waals surface area contributed by atoms with Crippen LogP contribution >= 0.6 is 15.9 Å². The zero-order chi connectivity index (χ0) is 17.3. The molecule has 6 heteroatoms. The van der Waals surface area contributed by atoms with Gasteiger partial charge in [-0.25, -0.2) is 4.79 Å². The van der Waals surface area contributed by atoms with Gasteiger partial charge in [0.2, 0.25) is 5.91 Å². The molecule has 3 rings (SSSR count). The Kier molecular flexibility index (Phi) is 4.40. The summed E-state index contributed by atoms with van der Waals surface area (Å²) in [5, 5.41) is 2.81. The summed E-state index contributed by atoms with van der Waals surface area (Å²) in [5.41, 5.74) is 3.07. The fourth-order valence-corrected chi connectivity index (χ4v) is 2.96. The summed E-state index contributed by atoms with van der Waals surface area (Å²) in [5.74, 6) is -0.231. The van der Waals surface area contributed by atoms with Crippen molar-refractivity contribution in [1.82, 2.24) is 9.13 Å². The molecule has 0 saturated carbocycles. The molecule has 24 heavy (non-hydrogen) atoms. The van der Waals surface area contributed by atoms with Gasteiger partial charge in [-0.05, 0) is 35.9 Å². The standard InChI is InChI=1S/C18H16BrN3O2/c1-21-15-9-8-13(11-16(15)22(2)18(21)24)20-17(23)10-7-12-5-3-4-6-14(12)19/h3-11H,1-2H3,(H,20,23)/b10-7+. The van der Waals surface area contributed by atoms with Gasteiger partial charge in [-0.3, -0.25) is 13.9 Å². The zero-order valence-electron chi connectivity index (χ0n) is 13.3. The molecule has 5 nitrogen and oxygen atoms in total. The number of imidazole rings is 1. The molecule has 0 radical (unpaired) electrons. The highest BCUT2D eigenvalue weighted by molar-refractivity contribution is 9.10. The Bertz CT molecular complexity index is 1010. The Balaban J connectivity index is 1.82. The predicted octanol–water partition coefficient (Wildman–Crippen LogP) is 3.29. The topological polar surface area (TPSA) is 56.0 Å². The van der Waals surface area contributed by atoms with Gasteiger partial charge in [0.15, 0.2) is 0 Å². The first kappa shape index (κ1) is 16.3. The minimum atomic E-state index is -0.231. The predicted molar refractivity (Wildman–Crippen MR) is 100.0 cm³/mol. The summed E-state index contributed by atoms with van der Waals surface area (Å²) in [7, 11) is 3.44. The molecule has 1 heterocycles. The molecule has 0 atom stereocenters. The fraction of sp³-hybridized carbons (Fsp3) is 0.111. The van der Waals surface area contributed by atoms with Crippen molar-refractivity contribution in [3.05, 3.63) is 69.1 Å². The number of hydrogen-bond donors (Lipinski definition) is 1. The highest BCUT2D eigenvalue weighted by atomic mass is 79.9. The Morgan fingerprint density at radius 3 is 2.54 bits per heavy atom. The third kappa shape index (κ3) is 3.05. The van der Waals surface area contributed by atoms with E-state index in [4.69, 9.17) is 0 Å². The first-order valence-electron chi connectivity index (χ1n) is 7.36. The Hall–Kier alpha value is -2.60. The fourth-order valence-electron chi connectivity index (χ4n) is 2.54. The van der Waals surface area contributed by atoms with Crippen molar-refractivity contribution in [1.29, 1.82) is 0 Å². The largest absolute Gasteiger partial charge is 0.328 e. The van der Waals surface area contributed by atoms with E-state index in [1.165, 1.54) is 6.08 Å². The molecule has 122 valence electrons. The molecule has 0 unspecified atom stereocenters. The number of carbonyl (C=O) groups excluding carboxylic acids is 1. The molecule has 0 aliphatic carbocycles. The number of rotatable bonds is 3. The second-order valence-electron chi connectivity index (χ2n) is 5.45. The van der Waals surface area contributed by atoms with Gasteiger partial charge in [-0.15, -0.1) is 0 Å². The Labute approximate surface area is 147 Å². The second-order valence-corrected chi connectivity index (χ2v) is 6.30. The van der Waals surface area contributed by atoms with Gasteiger partial charge in [-0.2, -0.15) is 0 Å². The number of nitrogens with zero attached hydrogens (tertiary/aromatic N) is 2. The maximum absolute atomic E-state index is 12.1. The van der Waals surface area contributed by atoms with Crippen LogP contribution in [-0.2, 0) is 18.9 Å². The molecule has 2 aromatic carbocycles. The SMILES string of the molecule is Cn1c(=O)n(C)c2cc(NC(=O)/C=C/c3ccccc3Br)ccc21. The number of hydrogen-bond acceptors (Lipinski definition) is 2. The van der Waals surface area contributed by atoms with E-state index in [2.05, 4.69) is 21.2 Å². The van der Waals surface area contributed by atoms with Crippen LogP contribution in [0.15, 0.2) is 57.8 Å². The van der Waals surface area contributed by atoms with E-state index < -0.39 is 0 Å². The number of anilines is 1. The van der Waals surface area contributed by atoms with Crippen LogP contribution in [0.25, 0.3) is 17.1 Å². The number of carbonyl (C=O) groups is 1. The lowest BCUT2D eigenvalue weighted by Gasteiger charge is -2.03. The number of aromatic nitrogens is 2. The van der Waals surface area contributed by atoms with Crippen molar-refractivity contribution in [2.24, 2.45) is 14.1 Å². The minimum absolute atomic E-state index is 0.0951. The van der Waals surface area contributed by atoms with E-state index in [-0.39, 0.29) is 11.6 Å². The lowest BCUT2D eigenvalue weighted by molar-refractivity contribution is -0.111. The Morgan fingerprint density at radius 2 is 1.79 bits per heavy atom. The quantitative estimate of drug-likeness (QED) is 0.703. The number of nitrogens with one attached hydrogen (secondary N) is 1. The van der Waals surface area contributed by atoms with E-state index in [1.54, 1.807) is 41.4 Å². The molecule has 0 aliphatic heterocycles. The molecule has 3 aromatic rings. The molecule has 0 aliphatic rings. The third-order valence-electron chi connectivity index (χ3n) is 3.86. The first-order valence-corrected chi connectivity index (χ1v) is 8.16. The minimum Gasteiger partial charge on any atom is -0.322 e.